The van der Waals surface area contributed by atoms with Gasteiger partial charge in [-0.1, -0.05) is 0 Å². The lowest BCUT2D eigenvalue weighted by atomic mass is 10.1. The van der Waals surface area contributed by atoms with Gasteiger partial charge in [0.1, 0.15) is 17.1 Å². The third-order valence-corrected chi connectivity index (χ3v) is 7.44. The number of nitrogens with zero attached hydrogens (tertiary/aromatic N) is 2. The van der Waals surface area contributed by atoms with Gasteiger partial charge in [-0.05, 0) is 83.6 Å². The lowest BCUT2D eigenvalue weighted by Crippen LogP contribution is -2.30. The van der Waals surface area contributed by atoms with Crippen molar-refractivity contribution in [2.45, 2.75) is 6.92 Å². The van der Waals surface area contributed by atoms with Gasteiger partial charge in [-0.15, -0.1) is 0 Å². The van der Waals surface area contributed by atoms with Crippen LogP contribution in [0.15, 0.2) is 77.9 Å². The number of hydrogen-bond acceptors (Lipinski definition) is 6. The number of carbonyl (C=O) groups excluding carboxylic acids is 1. The van der Waals surface area contributed by atoms with Crippen LogP contribution < -0.4 is 25.1 Å². The monoisotopic (exact) mass is 669 g/mol. The highest BCUT2D eigenvalue weighted by Gasteiger charge is 2.20. The molecule has 11 heteroatoms. The second kappa shape index (κ2) is 11.5. The molecule has 2 aromatic heterocycles. The van der Waals surface area contributed by atoms with Gasteiger partial charge in [0.05, 0.1) is 19.7 Å². The highest BCUT2D eigenvalue weighted by Crippen LogP contribution is 2.37. The molecule has 0 aliphatic rings. The number of halogens is 3. The summed E-state index contributed by atoms with van der Waals surface area (Å²) in [4.78, 5) is 30.8. The molecule has 2 heterocycles. The molecule has 0 saturated carbocycles. The van der Waals surface area contributed by atoms with E-state index in [1.165, 1.54) is 61.4 Å². The lowest BCUT2D eigenvalue weighted by molar-refractivity contribution is 0.102. The number of amides is 1. The van der Waals surface area contributed by atoms with Crippen LogP contribution in [0.2, 0.25) is 0 Å². The number of methoxy groups -OCH3 is 2. The van der Waals surface area contributed by atoms with Crippen LogP contribution in [-0.2, 0) is 0 Å². The summed E-state index contributed by atoms with van der Waals surface area (Å²) in [6.45, 7) is 1.65. The molecule has 0 aliphatic heterocycles. The van der Waals surface area contributed by atoms with Crippen LogP contribution in [0.1, 0.15) is 15.9 Å². The third-order valence-electron chi connectivity index (χ3n) is 6.36. The first-order valence-corrected chi connectivity index (χ1v) is 13.2. The van der Waals surface area contributed by atoms with E-state index in [1.54, 1.807) is 31.3 Å². The maximum absolute atomic E-state index is 15.2. The van der Waals surface area contributed by atoms with E-state index in [1.807, 2.05) is 22.6 Å². The van der Waals surface area contributed by atoms with E-state index >= 15 is 4.39 Å². The van der Waals surface area contributed by atoms with E-state index in [-0.39, 0.29) is 17.0 Å². The molecule has 1 amide bonds. The fourth-order valence-corrected chi connectivity index (χ4v) is 4.79. The normalized spacial score (nSPS) is 10.9. The molecule has 3 aromatic carbocycles. The van der Waals surface area contributed by atoms with Gasteiger partial charge >= 0.3 is 0 Å². The molecule has 0 fully saturated rings. The van der Waals surface area contributed by atoms with E-state index in [4.69, 9.17) is 14.2 Å². The summed E-state index contributed by atoms with van der Waals surface area (Å²) >= 11 is 2.01. The number of pyridine rings is 2. The predicted octanol–water partition coefficient (Wildman–Crippen LogP) is 6.64. The number of fused-ring (bicyclic) bond motifs is 1. The van der Waals surface area contributed by atoms with Crippen molar-refractivity contribution in [3.8, 4) is 28.7 Å². The van der Waals surface area contributed by atoms with Crippen molar-refractivity contribution in [1.29, 1.82) is 0 Å². The smallest absolute Gasteiger partial charge is 0.268 e. The summed E-state index contributed by atoms with van der Waals surface area (Å²) in [5.41, 5.74) is 0.832. The zero-order chi connectivity index (χ0) is 29.3. The molecule has 208 valence electrons. The van der Waals surface area contributed by atoms with Gasteiger partial charge < -0.3 is 19.5 Å². The highest BCUT2D eigenvalue weighted by molar-refractivity contribution is 14.1. The zero-order valence-electron chi connectivity index (χ0n) is 22.0. The number of ether oxygens (including phenoxy) is 3. The van der Waals surface area contributed by atoms with Crippen molar-refractivity contribution < 1.29 is 27.8 Å². The average Bonchev–Trinajstić information content (AvgIpc) is 2.96. The molecule has 0 atom stereocenters. The van der Waals surface area contributed by atoms with E-state index in [0.717, 1.165) is 6.07 Å². The minimum atomic E-state index is -0.740. The molecular formula is C30H22F2IN3O5. The van der Waals surface area contributed by atoms with Crippen LogP contribution in [0.25, 0.3) is 16.6 Å². The van der Waals surface area contributed by atoms with Gasteiger partial charge in [0, 0.05) is 44.9 Å². The molecule has 5 rings (SSSR count). The van der Waals surface area contributed by atoms with Crippen LogP contribution in [-0.4, -0.2) is 29.7 Å². The van der Waals surface area contributed by atoms with Crippen LogP contribution in [0, 0.1) is 22.1 Å². The van der Waals surface area contributed by atoms with Crippen LogP contribution >= 0.6 is 22.6 Å². The van der Waals surface area contributed by atoms with Crippen molar-refractivity contribution in [3.63, 3.8) is 0 Å². The Morgan fingerprint density at radius 1 is 0.927 bits per heavy atom. The van der Waals surface area contributed by atoms with Gasteiger partial charge in [0.2, 0.25) is 0 Å². The van der Waals surface area contributed by atoms with Crippen LogP contribution in [0.4, 0.5) is 14.5 Å². The van der Waals surface area contributed by atoms with E-state index < -0.39 is 23.1 Å². The Kier molecular flexibility index (Phi) is 7.88. The van der Waals surface area contributed by atoms with Crippen LogP contribution in [0.5, 0.6) is 23.0 Å². The van der Waals surface area contributed by atoms with E-state index in [0.29, 0.717) is 43.0 Å². The Balaban J connectivity index is 1.43. The second-order valence-electron chi connectivity index (χ2n) is 8.86. The maximum Gasteiger partial charge on any atom is 0.268 e. The Morgan fingerprint density at radius 3 is 2.32 bits per heavy atom. The first-order chi connectivity index (χ1) is 19.7. The molecule has 0 bridgehead atoms. The molecule has 0 saturated heterocycles. The molecule has 0 spiro atoms. The summed E-state index contributed by atoms with van der Waals surface area (Å²) in [6.07, 6.45) is 3.10. The molecule has 0 aliphatic carbocycles. The minimum absolute atomic E-state index is 0.0885. The quantitative estimate of drug-likeness (QED) is 0.196. The Labute approximate surface area is 246 Å². The number of hydrogen-bond donors (Lipinski definition) is 1. The summed E-state index contributed by atoms with van der Waals surface area (Å²) in [7, 11) is 3.02. The predicted molar refractivity (Wildman–Crippen MR) is 159 cm³/mol. The van der Waals surface area contributed by atoms with Gasteiger partial charge in [-0.25, -0.2) is 8.78 Å². The number of aromatic nitrogens is 2. The SMILES string of the molecule is COc1cc2nccc(Oc3ccc(NC(=O)c4c(C)c(I)cn(-c5ccc(F)cc5)c4=O)cc3F)c2cc1OC. The van der Waals surface area contributed by atoms with Gasteiger partial charge in [-0.3, -0.25) is 19.1 Å². The number of rotatable bonds is 7. The van der Waals surface area contributed by atoms with Crippen LogP contribution in [0.3, 0.4) is 0 Å². The summed E-state index contributed by atoms with van der Waals surface area (Å²) in [5.74, 6) is -0.707. The number of carbonyl (C=O) groups is 1. The van der Waals surface area contributed by atoms with Crippen molar-refractivity contribution in [1.82, 2.24) is 9.55 Å². The topological polar surface area (TPSA) is 91.7 Å². The van der Waals surface area contributed by atoms with Gasteiger partial charge in [0.15, 0.2) is 23.1 Å². The third kappa shape index (κ3) is 5.57. The summed E-state index contributed by atoms with van der Waals surface area (Å²) in [6, 6.07) is 14.2. The fraction of sp³-hybridized carbons (Fsp3) is 0.100. The second-order valence-corrected chi connectivity index (χ2v) is 10.0. The first-order valence-electron chi connectivity index (χ1n) is 12.2. The van der Waals surface area contributed by atoms with Gasteiger partial charge in [0.25, 0.3) is 11.5 Å². The number of nitrogens with one attached hydrogen (secondary N) is 1. The molecule has 0 unspecified atom stereocenters. The largest absolute Gasteiger partial charge is 0.493 e. The average molecular weight is 669 g/mol. The Bertz CT molecular complexity index is 1860. The Hall–Kier alpha value is -4.52. The standard InChI is InChI=1S/C30H22F2IN3O5/c1-16-22(33)15-36(19-7-4-17(31)5-8-19)30(38)28(16)29(37)35-18-6-9-25(21(32)12-18)41-24-10-11-34-23-14-27(40-3)26(39-2)13-20(23)24/h4-15H,1-3H3,(H,35,37). The number of anilines is 1. The summed E-state index contributed by atoms with van der Waals surface area (Å²) < 4.78 is 47.0. The van der Waals surface area contributed by atoms with Crippen molar-refractivity contribution in [2.75, 3.05) is 19.5 Å². The van der Waals surface area contributed by atoms with E-state index in [9.17, 15) is 14.0 Å². The molecular weight excluding hydrogens is 647 g/mol. The van der Waals surface area contributed by atoms with E-state index in [2.05, 4.69) is 10.3 Å². The first kappa shape index (κ1) is 28.0. The van der Waals surface area contributed by atoms with Crippen molar-refractivity contribution in [2.24, 2.45) is 0 Å². The molecule has 8 nitrogen and oxygen atoms in total. The lowest BCUT2D eigenvalue weighted by Gasteiger charge is -2.14. The molecule has 5 aromatic rings. The Morgan fingerprint density at radius 2 is 1.63 bits per heavy atom. The van der Waals surface area contributed by atoms with Gasteiger partial charge in [-0.2, -0.15) is 0 Å². The molecule has 1 N–H and O–H groups in total. The maximum atomic E-state index is 15.2. The number of benzene rings is 3. The van der Waals surface area contributed by atoms with Crippen molar-refractivity contribution in [3.05, 3.63) is 110 Å². The molecule has 0 radical (unpaired) electrons. The highest BCUT2D eigenvalue weighted by atomic mass is 127. The zero-order valence-corrected chi connectivity index (χ0v) is 24.2. The van der Waals surface area contributed by atoms with Crippen molar-refractivity contribution >= 4 is 45.1 Å². The molecule has 41 heavy (non-hydrogen) atoms. The fourth-order valence-electron chi connectivity index (χ4n) is 4.24. The minimum Gasteiger partial charge on any atom is -0.493 e. The summed E-state index contributed by atoms with van der Waals surface area (Å²) in [5, 5.41) is 3.17.